The van der Waals surface area contributed by atoms with Gasteiger partial charge in [0.2, 0.25) is 0 Å². The summed E-state index contributed by atoms with van der Waals surface area (Å²) in [6, 6.07) is 14.7. The molecule has 0 saturated carbocycles. The van der Waals surface area contributed by atoms with Crippen molar-refractivity contribution in [3.8, 4) is 0 Å². The number of nitrogens with one attached hydrogen (secondary N) is 1. The molecule has 27 heavy (non-hydrogen) atoms. The molecule has 1 amide bonds. The zero-order valence-corrected chi connectivity index (χ0v) is 15.3. The third-order valence-corrected chi connectivity index (χ3v) is 5.02. The van der Waals surface area contributed by atoms with Crippen LogP contribution in [0.15, 0.2) is 48.5 Å². The molecule has 140 valence electrons. The van der Waals surface area contributed by atoms with Crippen LogP contribution in [-0.2, 0) is 20.8 Å². The first-order valence-electron chi connectivity index (χ1n) is 9.13. The van der Waals surface area contributed by atoms with E-state index >= 15 is 0 Å². The molecule has 2 aliphatic heterocycles. The van der Waals surface area contributed by atoms with Gasteiger partial charge in [-0.1, -0.05) is 48.0 Å². The number of amides is 1. The Morgan fingerprint density at radius 3 is 2.74 bits per heavy atom. The lowest BCUT2D eigenvalue weighted by Gasteiger charge is -2.36. The molecule has 0 aromatic heterocycles. The Bertz CT molecular complexity index is 868. The van der Waals surface area contributed by atoms with Crippen molar-refractivity contribution in [2.75, 3.05) is 11.9 Å². The van der Waals surface area contributed by atoms with Gasteiger partial charge in [0.25, 0.3) is 0 Å². The summed E-state index contributed by atoms with van der Waals surface area (Å²) in [7, 11) is 0. The molecule has 1 fully saturated rings. The molecule has 4 rings (SSSR count). The molecule has 6 nitrogen and oxygen atoms in total. The number of hydrogen-bond acceptors (Lipinski definition) is 5. The van der Waals surface area contributed by atoms with E-state index in [-0.39, 0.29) is 12.6 Å². The van der Waals surface area contributed by atoms with Crippen LogP contribution in [0.3, 0.4) is 0 Å². The number of ether oxygens (including phenoxy) is 2. The van der Waals surface area contributed by atoms with Gasteiger partial charge in [0.15, 0.2) is 12.1 Å². The van der Waals surface area contributed by atoms with Crippen molar-refractivity contribution in [3.05, 3.63) is 65.2 Å². The average molecular weight is 366 g/mol. The van der Waals surface area contributed by atoms with Gasteiger partial charge in [-0.15, -0.1) is 0 Å². The van der Waals surface area contributed by atoms with Crippen molar-refractivity contribution in [1.82, 2.24) is 4.90 Å². The number of anilines is 1. The van der Waals surface area contributed by atoms with Crippen molar-refractivity contribution >= 4 is 17.7 Å². The van der Waals surface area contributed by atoms with Gasteiger partial charge < -0.3 is 14.8 Å². The molecule has 2 aliphatic rings. The SMILES string of the molecule is CCOC(=O)[C@@H]1Nc2ccc(C)cc2[C@@H]2[C@H]1OC(=O)N2Cc1ccccc1. The normalized spacial score (nSPS) is 23.1. The highest BCUT2D eigenvalue weighted by Gasteiger charge is 2.52. The molecule has 0 aliphatic carbocycles. The maximum absolute atomic E-state index is 12.7. The fourth-order valence-corrected chi connectivity index (χ4v) is 3.81. The molecule has 3 atom stereocenters. The van der Waals surface area contributed by atoms with E-state index in [1.165, 1.54) is 0 Å². The predicted octanol–water partition coefficient (Wildman–Crippen LogP) is 3.41. The van der Waals surface area contributed by atoms with Gasteiger partial charge >= 0.3 is 12.1 Å². The number of benzene rings is 2. The number of esters is 1. The van der Waals surface area contributed by atoms with Crippen LogP contribution >= 0.6 is 0 Å². The second-order valence-electron chi connectivity index (χ2n) is 6.87. The van der Waals surface area contributed by atoms with Crippen molar-refractivity contribution in [1.29, 1.82) is 0 Å². The fraction of sp³-hybridized carbons (Fsp3) is 0.333. The summed E-state index contributed by atoms with van der Waals surface area (Å²) < 4.78 is 10.9. The van der Waals surface area contributed by atoms with Gasteiger partial charge in [-0.3, -0.25) is 4.90 Å². The van der Waals surface area contributed by atoms with Crippen molar-refractivity contribution in [2.45, 2.75) is 38.6 Å². The number of carbonyl (C=O) groups is 2. The third-order valence-electron chi connectivity index (χ3n) is 5.02. The number of fused-ring (bicyclic) bond motifs is 3. The first kappa shape index (κ1) is 17.4. The highest BCUT2D eigenvalue weighted by molar-refractivity contribution is 5.85. The van der Waals surface area contributed by atoms with Gasteiger partial charge in [-0.25, -0.2) is 9.59 Å². The van der Waals surface area contributed by atoms with Crippen LogP contribution in [0.5, 0.6) is 0 Å². The Kier molecular flexibility index (Phi) is 4.48. The van der Waals surface area contributed by atoms with Gasteiger partial charge in [-0.2, -0.15) is 0 Å². The van der Waals surface area contributed by atoms with Gasteiger partial charge in [-0.05, 0) is 25.5 Å². The fourth-order valence-electron chi connectivity index (χ4n) is 3.81. The maximum Gasteiger partial charge on any atom is 0.411 e. The Balaban J connectivity index is 1.74. The lowest BCUT2D eigenvalue weighted by molar-refractivity contribution is -0.146. The second-order valence-corrected chi connectivity index (χ2v) is 6.87. The molecule has 0 spiro atoms. The number of aryl methyl sites for hydroxylation is 1. The monoisotopic (exact) mass is 366 g/mol. The van der Waals surface area contributed by atoms with Crippen LogP contribution in [0.1, 0.15) is 29.7 Å². The number of carbonyl (C=O) groups excluding carboxylic acids is 2. The maximum atomic E-state index is 12.7. The van der Waals surface area contributed by atoms with Crippen LogP contribution in [0, 0.1) is 6.92 Å². The summed E-state index contributed by atoms with van der Waals surface area (Å²) in [6.45, 7) is 4.46. The molecule has 1 saturated heterocycles. The van der Waals surface area contributed by atoms with E-state index in [1.807, 2.05) is 55.5 Å². The van der Waals surface area contributed by atoms with E-state index in [0.717, 1.165) is 22.4 Å². The van der Waals surface area contributed by atoms with Gasteiger partial charge in [0.05, 0.1) is 6.61 Å². The largest absolute Gasteiger partial charge is 0.464 e. The molecule has 6 heteroatoms. The van der Waals surface area contributed by atoms with Gasteiger partial charge in [0, 0.05) is 17.8 Å². The van der Waals surface area contributed by atoms with Crippen LogP contribution in [0.4, 0.5) is 10.5 Å². The number of nitrogens with zero attached hydrogens (tertiary/aromatic N) is 1. The zero-order chi connectivity index (χ0) is 19.0. The third kappa shape index (κ3) is 3.12. The van der Waals surface area contributed by atoms with E-state index in [2.05, 4.69) is 5.32 Å². The van der Waals surface area contributed by atoms with Crippen LogP contribution in [0.2, 0.25) is 0 Å². The molecular formula is C21H22N2O4. The molecule has 2 aromatic rings. The minimum atomic E-state index is -0.727. The summed E-state index contributed by atoms with van der Waals surface area (Å²) in [6.07, 6.45) is -1.05. The van der Waals surface area contributed by atoms with E-state index in [9.17, 15) is 9.59 Å². The minimum absolute atomic E-state index is 0.275. The minimum Gasteiger partial charge on any atom is -0.464 e. The van der Waals surface area contributed by atoms with E-state index < -0.39 is 24.2 Å². The summed E-state index contributed by atoms with van der Waals surface area (Å²) in [5.41, 5.74) is 3.89. The summed E-state index contributed by atoms with van der Waals surface area (Å²) in [5.74, 6) is -0.409. The lowest BCUT2D eigenvalue weighted by Crippen LogP contribution is -2.48. The molecule has 1 N–H and O–H groups in total. The average Bonchev–Trinajstić information content (AvgIpc) is 2.98. The van der Waals surface area contributed by atoms with Crippen LogP contribution in [-0.4, -0.2) is 35.7 Å². The zero-order valence-electron chi connectivity index (χ0n) is 15.3. The van der Waals surface area contributed by atoms with Crippen LogP contribution < -0.4 is 5.32 Å². The quantitative estimate of drug-likeness (QED) is 0.840. The summed E-state index contributed by atoms with van der Waals surface area (Å²) in [5, 5.41) is 3.21. The van der Waals surface area contributed by atoms with E-state index in [0.29, 0.717) is 6.54 Å². The smallest absolute Gasteiger partial charge is 0.411 e. The molecule has 2 aromatic carbocycles. The Morgan fingerprint density at radius 1 is 1.22 bits per heavy atom. The molecule has 0 bridgehead atoms. The van der Waals surface area contributed by atoms with E-state index in [1.54, 1.807) is 11.8 Å². The topological polar surface area (TPSA) is 67.9 Å². The lowest BCUT2D eigenvalue weighted by atomic mass is 9.88. The first-order valence-corrected chi connectivity index (χ1v) is 9.13. The highest BCUT2D eigenvalue weighted by atomic mass is 16.6. The Hall–Kier alpha value is -3.02. The Morgan fingerprint density at radius 2 is 2.00 bits per heavy atom. The van der Waals surface area contributed by atoms with Crippen molar-refractivity contribution in [2.24, 2.45) is 0 Å². The highest BCUT2D eigenvalue weighted by Crippen LogP contribution is 2.44. The number of hydrogen-bond donors (Lipinski definition) is 1. The van der Waals surface area contributed by atoms with Gasteiger partial charge in [0.1, 0.15) is 6.04 Å². The molecule has 2 heterocycles. The summed E-state index contributed by atoms with van der Waals surface area (Å²) in [4.78, 5) is 26.9. The number of rotatable bonds is 4. The predicted molar refractivity (Wildman–Crippen MR) is 100 cm³/mol. The Labute approximate surface area is 158 Å². The van der Waals surface area contributed by atoms with Crippen molar-refractivity contribution in [3.63, 3.8) is 0 Å². The summed E-state index contributed by atoms with van der Waals surface area (Å²) >= 11 is 0. The van der Waals surface area contributed by atoms with E-state index in [4.69, 9.17) is 9.47 Å². The van der Waals surface area contributed by atoms with Crippen LogP contribution in [0.25, 0.3) is 0 Å². The molecule has 0 unspecified atom stereocenters. The molecule has 0 radical (unpaired) electrons. The second kappa shape index (κ2) is 6.95. The van der Waals surface area contributed by atoms with Crippen molar-refractivity contribution < 1.29 is 19.1 Å². The molecular weight excluding hydrogens is 344 g/mol. The first-order chi connectivity index (χ1) is 13.1. The standard InChI is InChI=1S/C21H22N2O4/c1-3-26-20(24)17-19-18(15-11-13(2)9-10-16(15)22-17)23(21(25)27-19)12-14-7-5-4-6-8-14/h4-11,17-19,22H,3,12H2,1-2H3/t17-,18-,19+/m1/s1.